The summed E-state index contributed by atoms with van der Waals surface area (Å²) in [6.45, 7) is 14.0. The number of nitrogens with one attached hydrogen (secondary N) is 2. The average molecular weight is 621 g/mol. The zero-order chi connectivity index (χ0) is 33.4. The Kier molecular flexibility index (Phi) is 8.98. The Bertz CT molecular complexity index is 1820. The van der Waals surface area contributed by atoms with E-state index in [1.54, 1.807) is 0 Å². The summed E-state index contributed by atoms with van der Waals surface area (Å²) in [7, 11) is 0. The number of benzene rings is 2. The van der Waals surface area contributed by atoms with Gasteiger partial charge in [-0.2, -0.15) is 0 Å². The summed E-state index contributed by atoms with van der Waals surface area (Å²) in [5.74, 6) is -0.856. The molecule has 1 saturated heterocycles. The van der Waals surface area contributed by atoms with Gasteiger partial charge in [-0.25, -0.2) is 0 Å². The van der Waals surface area contributed by atoms with E-state index in [0.717, 1.165) is 27.7 Å². The first-order valence-electron chi connectivity index (χ1n) is 16.0. The van der Waals surface area contributed by atoms with Crippen molar-refractivity contribution >= 4 is 35.0 Å². The van der Waals surface area contributed by atoms with Crippen LogP contribution in [0, 0.1) is 11.8 Å². The Morgan fingerprint density at radius 1 is 1.13 bits per heavy atom. The molecule has 3 atom stereocenters. The van der Waals surface area contributed by atoms with Crippen LogP contribution in [0.2, 0.25) is 0 Å². The first-order chi connectivity index (χ1) is 21.8. The molecule has 7 heteroatoms. The number of aromatic amines is 1. The molecule has 2 aliphatic rings. The van der Waals surface area contributed by atoms with E-state index in [1.165, 1.54) is 6.07 Å². The molecular weight excluding hydrogens is 576 g/mol. The van der Waals surface area contributed by atoms with E-state index in [0.29, 0.717) is 42.2 Å². The van der Waals surface area contributed by atoms with Crippen LogP contribution in [0.1, 0.15) is 86.6 Å². The van der Waals surface area contributed by atoms with Crippen LogP contribution in [0.25, 0.3) is 17.0 Å². The topological polar surface area (TPSA) is 119 Å². The standard InChI is InChI=1S/C39H44N2O5/c1-7-38(5,6)36-30(28-10-8-9-11-32(28)40-36)18-26-20-34(44)39(41-37(26)46)21-24(4)13-15-27(39)16-17-29-31(22-42)35(45)25(19-33(29)43)14-12-23(2)3/h7-13,15,18-19,22,24,27,40,43,45H,1,14,16-17,20-21H2,2-6H3,(H,41,46)/t24-,27-,39-/m0/s1. The molecule has 1 fully saturated rings. The molecule has 3 aromatic rings. The predicted octanol–water partition coefficient (Wildman–Crippen LogP) is 7.42. The number of piperidine rings is 1. The normalized spacial score (nSPS) is 22.3. The van der Waals surface area contributed by atoms with Crippen LogP contribution in [0.3, 0.4) is 0 Å². The van der Waals surface area contributed by atoms with Crippen LogP contribution >= 0.6 is 0 Å². The Balaban J connectivity index is 1.46. The maximum atomic E-state index is 14.2. The van der Waals surface area contributed by atoms with E-state index in [9.17, 15) is 24.6 Å². The van der Waals surface area contributed by atoms with Gasteiger partial charge in [0.2, 0.25) is 5.91 Å². The first-order valence-corrected chi connectivity index (χ1v) is 16.0. The number of hydrogen-bond acceptors (Lipinski definition) is 5. The molecule has 240 valence electrons. The number of aromatic hydroxyl groups is 2. The van der Waals surface area contributed by atoms with Crippen molar-refractivity contribution in [3.63, 3.8) is 0 Å². The van der Waals surface area contributed by atoms with Crippen molar-refractivity contribution in [2.45, 2.75) is 77.7 Å². The largest absolute Gasteiger partial charge is 0.508 e. The minimum absolute atomic E-state index is 0.0129. The Labute approximate surface area is 270 Å². The summed E-state index contributed by atoms with van der Waals surface area (Å²) >= 11 is 0. The molecule has 46 heavy (non-hydrogen) atoms. The van der Waals surface area contributed by atoms with Crippen molar-refractivity contribution in [1.29, 1.82) is 0 Å². The van der Waals surface area contributed by atoms with E-state index in [2.05, 4.69) is 36.8 Å². The van der Waals surface area contributed by atoms with Crippen LogP contribution < -0.4 is 5.32 Å². The molecule has 1 aromatic heterocycles. The molecule has 2 heterocycles. The Hall–Kier alpha value is -4.65. The highest BCUT2D eigenvalue weighted by Gasteiger charge is 2.50. The number of para-hydroxylation sites is 1. The van der Waals surface area contributed by atoms with E-state index in [-0.39, 0.29) is 53.4 Å². The summed E-state index contributed by atoms with van der Waals surface area (Å²) in [6, 6.07) is 9.41. The SMILES string of the molecule is C=CC(C)(C)c1[nH]c2ccccc2c1C=C1CC(=O)[C@@]2(C[C@@H](C)C=C[C@H]2CCc2c(O)cc(CC=C(C)C)c(O)c2C=O)NC1=O. The molecule has 0 unspecified atom stereocenters. The molecule has 1 aliphatic heterocycles. The van der Waals surface area contributed by atoms with Gasteiger partial charge in [-0.05, 0) is 63.7 Å². The van der Waals surface area contributed by atoms with Crippen molar-refractivity contribution in [2.24, 2.45) is 11.8 Å². The number of phenols is 2. The second-order valence-corrected chi connectivity index (χ2v) is 13.7. The lowest BCUT2D eigenvalue weighted by Crippen LogP contribution is -2.64. The zero-order valence-corrected chi connectivity index (χ0v) is 27.4. The van der Waals surface area contributed by atoms with Crippen LogP contribution in [0.4, 0.5) is 0 Å². The lowest BCUT2D eigenvalue weighted by atomic mass is 9.66. The quantitative estimate of drug-likeness (QED) is 0.0859. The van der Waals surface area contributed by atoms with Gasteiger partial charge in [-0.3, -0.25) is 14.4 Å². The molecule has 7 nitrogen and oxygen atoms in total. The van der Waals surface area contributed by atoms with Gasteiger partial charge in [0.25, 0.3) is 0 Å². The van der Waals surface area contributed by atoms with Gasteiger partial charge in [0.15, 0.2) is 12.1 Å². The maximum Gasteiger partial charge on any atom is 0.248 e. The highest BCUT2D eigenvalue weighted by atomic mass is 16.3. The fourth-order valence-electron chi connectivity index (χ4n) is 6.93. The Morgan fingerprint density at radius 2 is 1.87 bits per heavy atom. The van der Waals surface area contributed by atoms with Crippen molar-refractivity contribution in [3.8, 4) is 11.5 Å². The minimum atomic E-state index is -1.12. The summed E-state index contributed by atoms with van der Waals surface area (Å²) in [6.07, 6.45) is 11.7. The number of carbonyl (C=O) groups excluding carboxylic acids is 3. The van der Waals surface area contributed by atoms with E-state index >= 15 is 0 Å². The highest BCUT2D eigenvalue weighted by Crippen LogP contribution is 2.42. The number of fused-ring (bicyclic) bond motifs is 1. The smallest absolute Gasteiger partial charge is 0.248 e. The number of allylic oxidation sites excluding steroid dienone is 4. The molecule has 1 spiro atoms. The van der Waals surface area contributed by atoms with Gasteiger partial charge in [-0.15, -0.1) is 6.58 Å². The molecule has 0 saturated carbocycles. The van der Waals surface area contributed by atoms with E-state index in [1.807, 2.05) is 69.3 Å². The Morgan fingerprint density at radius 3 is 2.57 bits per heavy atom. The monoisotopic (exact) mass is 620 g/mol. The van der Waals surface area contributed by atoms with Gasteiger partial charge in [0.1, 0.15) is 17.0 Å². The molecule has 1 amide bonds. The van der Waals surface area contributed by atoms with Gasteiger partial charge in [0, 0.05) is 56.6 Å². The lowest BCUT2D eigenvalue weighted by Gasteiger charge is -2.45. The van der Waals surface area contributed by atoms with Gasteiger partial charge >= 0.3 is 0 Å². The van der Waals surface area contributed by atoms with Crippen molar-refractivity contribution < 1.29 is 24.6 Å². The maximum absolute atomic E-state index is 14.2. The number of aromatic nitrogens is 1. The molecule has 0 radical (unpaired) electrons. The van der Waals surface area contributed by atoms with Crippen molar-refractivity contribution in [3.05, 3.63) is 100 Å². The number of Topliss-reactive ketones (excluding diaryl/α,β-unsaturated/α-hetero) is 1. The summed E-state index contributed by atoms with van der Waals surface area (Å²) in [5, 5.41) is 25.9. The van der Waals surface area contributed by atoms with Gasteiger partial charge < -0.3 is 20.5 Å². The third-order valence-electron chi connectivity index (χ3n) is 9.70. The average Bonchev–Trinajstić information content (AvgIpc) is 3.39. The van der Waals surface area contributed by atoms with Crippen LogP contribution in [0.15, 0.2) is 72.4 Å². The second kappa shape index (κ2) is 12.6. The number of H-pyrrole nitrogens is 1. The molecule has 4 N–H and O–H groups in total. The highest BCUT2D eigenvalue weighted by molar-refractivity contribution is 6.12. The van der Waals surface area contributed by atoms with E-state index in [4.69, 9.17) is 0 Å². The number of ketones is 1. The van der Waals surface area contributed by atoms with Crippen molar-refractivity contribution in [1.82, 2.24) is 10.3 Å². The first kappa shape index (κ1) is 32.7. The second-order valence-electron chi connectivity index (χ2n) is 13.7. The summed E-state index contributed by atoms with van der Waals surface area (Å²) in [4.78, 5) is 43.6. The number of rotatable bonds is 9. The molecule has 0 bridgehead atoms. The van der Waals surface area contributed by atoms with Crippen LogP contribution in [0.5, 0.6) is 11.5 Å². The molecule has 5 rings (SSSR count). The van der Waals surface area contributed by atoms with Crippen molar-refractivity contribution in [2.75, 3.05) is 0 Å². The number of phenolic OH excluding ortho intramolecular Hbond substituents is 2. The summed E-state index contributed by atoms with van der Waals surface area (Å²) in [5.41, 5.74) is 3.53. The lowest BCUT2D eigenvalue weighted by molar-refractivity contribution is -0.136. The minimum Gasteiger partial charge on any atom is -0.508 e. The molecular formula is C39H44N2O5. The summed E-state index contributed by atoms with van der Waals surface area (Å²) < 4.78 is 0. The van der Waals surface area contributed by atoms with Gasteiger partial charge in [-0.1, -0.05) is 68.8 Å². The molecule has 2 aromatic carbocycles. The molecule has 1 aliphatic carbocycles. The zero-order valence-electron chi connectivity index (χ0n) is 27.4. The van der Waals surface area contributed by atoms with Crippen LogP contribution in [-0.4, -0.2) is 38.7 Å². The third kappa shape index (κ3) is 5.98. The van der Waals surface area contributed by atoms with Crippen LogP contribution in [-0.2, 0) is 27.8 Å². The predicted molar refractivity (Wildman–Crippen MR) is 183 cm³/mol. The third-order valence-corrected chi connectivity index (χ3v) is 9.70. The number of aldehydes is 1. The number of carbonyl (C=O) groups is 3. The van der Waals surface area contributed by atoms with Gasteiger partial charge in [0.05, 0.1) is 5.56 Å². The number of hydrogen-bond donors (Lipinski definition) is 4. The number of amides is 1. The fraction of sp³-hybridized carbons (Fsp3) is 0.359. The fourth-order valence-corrected chi connectivity index (χ4v) is 6.93. The van der Waals surface area contributed by atoms with E-state index < -0.39 is 11.0 Å².